The van der Waals surface area contributed by atoms with Gasteiger partial charge in [0.2, 0.25) is 15.9 Å². The molecule has 118 valence electrons. The molecule has 1 aromatic rings. The Morgan fingerprint density at radius 2 is 2.00 bits per heavy atom. The number of rotatable bonds is 4. The van der Waals surface area contributed by atoms with Gasteiger partial charge in [0.05, 0.1) is 17.9 Å². The van der Waals surface area contributed by atoms with Crippen molar-refractivity contribution in [2.45, 2.75) is 38.5 Å². The molecule has 2 rings (SSSR count). The van der Waals surface area contributed by atoms with Crippen LogP contribution in [0.3, 0.4) is 0 Å². The first-order valence-electron chi connectivity index (χ1n) is 7.10. The highest BCUT2D eigenvalue weighted by Gasteiger charge is 2.25. The van der Waals surface area contributed by atoms with Crippen molar-refractivity contribution in [2.75, 3.05) is 19.6 Å². The Morgan fingerprint density at radius 1 is 1.38 bits per heavy atom. The number of likely N-dealkylation sites (tertiary alicyclic amines) is 1. The number of hydrogen-bond acceptors (Lipinski definition) is 4. The van der Waals surface area contributed by atoms with Crippen LogP contribution in [0.4, 0.5) is 0 Å². The Balaban J connectivity index is 1.98. The van der Waals surface area contributed by atoms with E-state index in [-0.39, 0.29) is 17.3 Å². The van der Waals surface area contributed by atoms with E-state index in [2.05, 4.69) is 21.8 Å². The van der Waals surface area contributed by atoms with Gasteiger partial charge in [-0.25, -0.2) is 13.1 Å². The van der Waals surface area contributed by atoms with Gasteiger partial charge in [-0.2, -0.15) is 5.10 Å². The van der Waals surface area contributed by atoms with E-state index < -0.39 is 10.0 Å². The van der Waals surface area contributed by atoms with Crippen LogP contribution in [0.25, 0.3) is 0 Å². The minimum atomic E-state index is -3.71. The molecular formula is C13H22N4O3S. The largest absolute Gasteiger partial charge is 0.342 e. The van der Waals surface area contributed by atoms with Crippen molar-refractivity contribution in [2.24, 2.45) is 5.92 Å². The fourth-order valence-electron chi connectivity index (χ4n) is 2.54. The third kappa shape index (κ3) is 3.62. The first kappa shape index (κ1) is 16.0. The lowest BCUT2D eigenvalue weighted by molar-refractivity contribution is -0.131. The summed E-state index contributed by atoms with van der Waals surface area (Å²) in [6, 6.07) is 0. The number of aryl methyl sites for hydroxylation is 2. The van der Waals surface area contributed by atoms with Crippen molar-refractivity contribution >= 4 is 15.9 Å². The van der Waals surface area contributed by atoms with Gasteiger partial charge in [-0.3, -0.25) is 9.89 Å². The van der Waals surface area contributed by atoms with Crippen LogP contribution in [0.5, 0.6) is 0 Å². The molecule has 0 bridgehead atoms. The van der Waals surface area contributed by atoms with Crippen molar-refractivity contribution in [1.82, 2.24) is 19.8 Å². The number of sulfonamides is 1. The van der Waals surface area contributed by atoms with Crippen LogP contribution in [-0.4, -0.2) is 49.1 Å². The number of aromatic nitrogens is 2. The lowest BCUT2D eigenvalue weighted by Gasteiger charge is -2.30. The van der Waals surface area contributed by atoms with Gasteiger partial charge in [-0.05, 0) is 32.6 Å². The lowest BCUT2D eigenvalue weighted by Crippen LogP contribution is -2.43. The van der Waals surface area contributed by atoms with Gasteiger partial charge in [0.25, 0.3) is 0 Å². The maximum absolute atomic E-state index is 12.2. The zero-order valence-electron chi connectivity index (χ0n) is 12.6. The number of piperidine rings is 1. The van der Waals surface area contributed by atoms with E-state index in [1.165, 1.54) is 0 Å². The monoisotopic (exact) mass is 314 g/mol. The fraction of sp³-hybridized carbons (Fsp3) is 0.692. The minimum Gasteiger partial charge on any atom is -0.342 e. The van der Waals surface area contributed by atoms with Crippen molar-refractivity contribution in [3.63, 3.8) is 0 Å². The van der Waals surface area contributed by atoms with E-state index in [0.29, 0.717) is 30.4 Å². The molecule has 0 saturated carbocycles. The number of aromatic amines is 1. The molecule has 1 aliphatic rings. The SMILES string of the molecule is Cc1n[nH]c(C)c1S(=O)(=O)NCC(=O)N1CCC(C)CC1. The van der Waals surface area contributed by atoms with Crippen LogP contribution >= 0.6 is 0 Å². The standard InChI is InChI=1S/C13H22N4O3S/c1-9-4-6-17(7-5-9)12(18)8-14-21(19,20)13-10(2)15-16-11(13)3/h9,14H,4-8H2,1-3H3,(H,15,16). The molecule has 0 radical (unpaired) electrons. The van der Waals surface area contributed by atoms with Gasteiger partial charge in [0.1, 0.15) is 4.90 Å². The van der Waals surface area contributed by atoms with E-state index >= 15 is 0 Å². The summed E-state index contributed by atoms with van der Waals surface area (Å²) in [5.74, 6) is 0.450. The summed E-state index contributed by atoms with van der Waals surface area (Å²) in [6.07, 6.45) is 1.94. The second-order valence-electron chi connectivity index (χ2n) is 5.65. The molecule has 2 heterocycles. The number of nitrogens with one attached hydrogen (secondary N) is 2. The second kappa shape index (κ2) is 6.15. The average molecular weight is 314 g/mol. The van der Waals surface area contributed by atoms with E-state index in [9.17, 15) is 13.2 Å². The summed E-state index contributed by atoms with van der Waals surface area (Å²) in [7, 11) is -3.71. The first-order chi connectivity index (χ1) is 9.81. The Bertz CT molecular complexity index is 596. The molecule has 1 aliphatic heterocycles. The van der Waals surface area contributed by atoms with Crippen LogP contribution in [0.15, 0.2) is 4.90 Å². The van der Waals surface area contributed by atoms with Crippen molar-refractivity contribution in [3.8, 4) is 0 Å². The predicted molar refractivity (Wildman–Crippen MR) is 78.2 cm³/mol. The molecule has 1 amide bonds. The maximum Gasteiger partial charge on any atom is 0.244 e. The number of carbonyl (C=O) groups is 1. The quantitative estimate of drug-likeness (QED) is 0.849. The van der Waals surface area contributed by atoms with E-state index in [0.717, 1.165) is 12.8 Å². The molecule has 1 fully saturated rings. The number of H-pyrrole nitrogens is 1. The van der Waals surface area contributed by atoms with Gasteiger partial charge >= 0.3 is 0 Å². The number of carbonyl (C=O) groups excluding carboxylic acids is 1. The van der Waals surface area contributed by atoms with Gasteiger partial charge < -0.3 is 4.90 Å². The number of hydrogen-bond donors (Lipinski definition) is 2. The Morgan fingerprint density at radius 3 is 2.52 bits per heavy atom. The molecule has 21 heavy (non-hydrogen) atoms. The van der Waals surface area contributed by atoms with Gasteiger partial charge in [0, 0.05) is 13.1 Å². The van der Waals surface area contributed by atoms with Crippen molar-refractivity contribution < 1.29 is 13.2 Å². The second-order valence-corrected chi connectivity index (χ2v) is 7.35. The van der Waals surface area contributed by atoms with Gasteiger partial charge in [-0.15, -0.1) is 0 Å². The van der Waals surface area contributed by atoms with Crippen LogP contribution in [-0.2, 0) is 14.8 Å². The number of amides is 1. The van der Waals surface area contributed by atoms with Gasteiger partial charge in [0.15, 0.2) is 0 Å². The van der Waals surface area contributed by atoms with Crippen molar-refractivity contribution in [3.05, 3.63) is 11.4 Å². The molecule has 0 unspecified atom stereocenters. The van der Waals surface area contributed by atoms with Crippen LogP contribution < -0.4 is 4.72 Å². The van der Waals surface area contributed by atoms with Crippen LogP contribution in [0, 0.1) is 19.8 Å². The Labute approximate surface area is 125 Å². The molecule has 0 atom stereocenters. The zero-order chi connectivity index (χ0) is 15.6. The molecule has 0 spiro atoms. The van der Waals surface area contributed by atoms with E-state index in [4.69, 9.17) is 0 Å². The van der Waals surface area contributed by atoms with E-state index in [1.54, 1.807) is 18.7 Å². The fourth-order valence-corrected chi connectivity index (χ4v) is 3.88. The van der Waals surface area contributed by atoms with Crippen LogP contribution in [0.1, 0.15) is 31.2 Å². The predicted octanol–water partition coefficient (Wildman–Crippen LogP) is 0.563. The molecule has 8 heteroatoms. The summed E-state index contributed by atoms with van der Waals surface area (Å²) in [5.41, 5.74) is 0.874. The maximum atomic E-state index is 12.2. The smallest absolute Gasteiger partial charge is 0.244 e. The Kier molecular flexibility index (Phi) is 4.67. The molecule has 0 aromatic carbocycles. The highest BCUT2D eigenvalue weighted by atomic mass is 32.2. The average Bonchev–Trinajstić information content (AvgIpc) is 2.77. The highest BCUT2D eigenvalue weighted by molar-refractivity contribution is 7.89. The van der Waals surface area contributed by atoms with E-state index in [1.807, 2.05) is 0 Å². The molecule has 1 aromatic heterocycles. The lowest BCUT2D eigenvalue weighted by atomic mass is 9.99. The summed E-state index contributed by atoms with van der Waals surface area (Å²) >= 11 is 0. The van der Waals surface area contributed by atoms with Gasteiger partial charge in [-0.1, -0.05) is 6.92 Å². The molecule has 0 aliphatic carbocycles. The molecule has 7 nitrogen and oxygen atoms in total. The summed E-state index contributed by atoms with van der Waals surface area (Å²) in [6.45, 7) is 6.61. The topological polar surface area (TPSA) is 95.2 Å². The van der Waals surface area contributed by atoms with Crippen molar-refractivity contribution in [1.29, 1.82) is 0 Å². The zero-order valence-corrected chi connectivity index (χ0v) is 13.5. The third-order valence-corrected chi connectivity index (χ3v) is 5.54. The normalized spacial score (nSPS) is 17.2. The number of nitrogens with zero attached hydrogens (tertiary/aromatic N) is 2. The third-order valence-electron chi connectivity index (χ3n) is 3.88. The summed E-state index contributed by atoms with van der Waals surface area (Å²) in [4.78, 5) is 13.9. The Hall–Kier alpha value is -1.41. The molecular weight excluding hydrogens is 292 g/mol. The molecule has 1 saturated heterocycles. The van der Waals surface area contributed by atoms with Crippen LogP contribution in [0.2, 0.25) is 0 Å². The highest BCUT2D eigenvalue weighted by Crippen LogP contribution is 2.17. The minimum absolute atomic E-state index is 0.127. The molecule has 2 N–H and O–H groups in total. The summed E-state index contributed by atoms with van der Waals surface area (Å²) in [5, 5.41) is 6.50. The summed E-state index contributed by atoms with van der Waals surface area (Å²) < 4.78 is 26.8. The first-order valence-corrected chi connectivity index (χ1v) is 8.58.